The molecular weight excluding hydrogens is 402 g/mol. The smallest absolute Gasteiger partial charge is 0.191 e. The van der Waals surface area contributed by atoms with Gasteiger partial charge in [0.05, 0.1) is 12.2 Å². The lowest BCUT2D eigenvalue weighted by molar-refractivity contribution is 0.198. The summed E-state index contributed by atoms with van der Waals surface area (Å²) < 4.78 is 1.13. The van der Waals surface area contributed by atoms with E-state index < -0.39 is 0 Å². The van der Waals surface area contributed by atoms with Gasteiger partial charge in [-0.05, 0) is 49.6 Å². The fraction of sp³-hybridized carbons (Fsp3) is 0.429. The van der Waals surface area contributed by atoms with Gasteiger partial charge in [-0.2, -0.15) is 0 Å². The van der Waals surface area contributed by atoms with Gasteiger partial charge < -0.3 is 10.6 Å². The van der Waals surface area contributed by atoms with Crippen molar-refractivity contribution in [1.82, 2.24) is 20.5 Å². The van der Waals surface area contributed by atoms with Crippen LogP contribution in [0.1, 0.15) is 29.8 Å². The molecule has 2 aromatic rings. The van der Waals surface area contributed by atoms with Crippen LogP contribution in [0.3, 0.4) is 0 Å². The summed E-state index contributed by atoms with van der Waals surface area (Å²) in [5, 5.41) is 6.94. The maximum absolute atomic E-state index is 4.53. The van der Waals surface area contributed by atoms with E-state index in [0.717, 1.165) is 54.3 Å². The summed E-state index contributed by atoms with van der Waals surface area (Å²) in [5.74, 6) is 0.852. The van der Waals surface area contributed by atoms with E-state index in [0.29, 0.717) is 12.6 Å². The highest BCUT2D eigenvalue weighted by Gasteiger charge is 2.20. The predicted octanol–water partition coefficient (Wildman–Crippen LogP) is 3.48. The minimum atomic E-state index is 0.461. The molecule has 0 radical (unpaired) electrons. The molecule has 0 aliphatic carbocycles. The molecule has 3 rings (SSSR count). The van der Waals surface area contributed by atoms with Crippen LogP contribution in [0.4, 0.5) is 0 Å². The number of guanidine groups is 1. The summed E-state index contributed by atoms with van der Waals surface area (Å²) in [6, 6.07) is 15.2. The van der Waals surface area contributed by atoms with Crippen molar-refractivity contribution < 1.29 is 0 Å². The molecule has 6 heteroatoms. The van der Waals surface area contributed by atoms with E-state index in [1.165, 1.54) is 5.56 Å². The summed E-state index contributed by atoms with van der Waals surface area (Å²) in [7, 11) is 1.82. The lowest BCUT2D eigenvalue weighted by Gasteiger charge is -2.33. The highest BCUT2D eigenvalue weighted by Crippen LogP contribution is 2.16. The molecule has 0 amide bonds. The summed E-state index contributed by atoms with van der Waals surface area (Å²) in [5.41, 5.74) is 3.44. The number of halogens is 1. The minimum Gasteiger partial charge on any atom is -0.354 e. The number of aryl methyl sites for hydroxylation is 1. The van der Waals surface area contributed by atoms with Crippen LogP contribution in [0.2, 0.25) is 0 Å². The second-order valence-electron chi connectivity index (χ2n) is 7.02. The van der Waals surface area contributed by atoms with E-state index in [4.69, 9.17) is 0 Å². The third-order valence-electron chi connectivity index (χ3n) is 4.85. The molecule has 0 unspecified atom stereocenters. The largest absolute Gasteiger partial charge is 0.354 e. The van der Waals surface area contributed by atoms with Crippen molar-refractivity contribution in [2.24, 2.45) is 4.99 Å². The first-order valence-corrected chi connectivity index (χ1v) is 10.3. The summed E-state index contributed by atoms with van der Waals surface area (Å²) in [6.45, 7) is 5.92. The van der Waals surface area contributed by atoms with Crippen LogP contribution in [-0.2, 0) is 13.1 Å². The van der Waals surface area contributed by atoms with Crippen molar-refractivity contribution in [1.29, 1.82) is 0 Å². The number of hydrogen-bond acceptors (Lipinski definition) is 3. The number of hydrogen-bond donors (Lipinski definition) is 2. The molecule has 0 saturated carbocycles. The third kappa shape index (κ3) is 6.33. The van der Waals surface area contributed by atoms with Crippen LogP contribution in [0, 0.1) is 6.92 Å². The molecule has 2 N–H and O–H groups in total. The molecule has 1 fully saturated rings. The second-order valence-corrected chi connectivity index (χ2v) is 7.93. The van der Waals surface area contributed by atoms with Gasteiger partial charge in [0, 0.05) is 42.9 Å². The molecule has 5 nitrogen and oxygen atoms in total. The molecule has 27 heavy (non-hydrogen) atoms. The highest BCUT2D eigenvalue weighted by molar-refractivity contribution is 9.10. The van der Waals surface area contributed by atoms with Gasteiger partial charge in [-0.1, -0.05) is 34.1 Å². The molecule has 1 aliphatic rings. The number of nitrogens with one attached hydrogen (secondary N) is 2. The Kier molecular flexibility index (Phi) is 7.24. The van der Waals surface area contributed by atoms with Gasteiger partial charge in [0.2, 0.25) is 0 Å². The number of pyridine rings is 1. The highest BCUT2D eigenvalue weighted by atomic mass is 79.9. The van der Waals surface area contributed by atoms with Gasteiger partial charge in [-0.15, -0.1) is 0 Å². The Labute approximate surface area is 170 Å². The Morgan fingerprint density at radius 3 is 2.59 bits per heavy atom. The van der Waals surface area contributed by atoms with E-state index in [1.807, 2.05) is 32.2 Å². The molecule has 1 aliphatic heterocycles. The van der Waals surface area contributed by atoms with Crippen molar-refractivity contribution in [3.8, 4) is 0 Å². The Morgan fingerprint density at radius 1 is 1.19 bits per heavy atom. The first kappa shape index (κ1) is 19.8. The number of benzene rings is 1. The molecule has 1 aromatic heterocycles. The molecule has 144 valence electrons. The van der Waals surface area contributed by atoms with Crippen LogP contribution in [0.25, 0.3) is 0 Å². The fourth-order valence-corrected chi connectivity index (χ4v) is 3.61. The first-order chi connectivity index (χ1) is 13.1. The molecule has 0 spiro atoms. The monoisotopic (exact) mass is 429 g/mol. The maximum Gasteiger partial charge on any atom is 0.191 e. The Bertz CT molecular complexity index is 751. The molecule has 1 saturated heterocycles. The quantitative estimate of drug-likeness (QED) is 0.564. The minimum absolute atomic E-state index is 0.461. The topological polar surface area (TPSA) is 52.6 Å². The summed E-state index contributed by atoms with van der Waals surface area (Å²) >= 11 is 3.50. The van der Waals surface area contributed by atoms with Gasteiger partial charge in [0.1, 0.15) is 0 Å². The normalized spacial score (nSPS) is 16.3. The summed E-state index contributed by atoms with van der Waals surface area (Å²) in [6.07, 6.45) is 2.25. The predicted molar refractivity (Wildman–Crippen MR) is 115 cm³/mol. The average molecular weight is 430 g/mol. The number of nitrogens with zero attached hydrogens (tertiary/aromatic N) is 3. The zero-order valence-corrected chi connectivity index (χ0v) is 17.7. The number of aromatic nitrogens is 1. The lowest BCUT2D eigenvalue weighted by Crippen LogP contribution is -2.48. The molecular formula is C21H28BrN5. The first-order valence-electron chi connectivity index (χ1n) is 9.49. The van der Waals surface area contributed by atoms with Crippen molar-refractivity contribution >= 4 is 21.9 Å². The Balaban J connectivity index is 1.42. The van der Waals surface area contributed by atoms with Gasteiger partial charge in [-0.3, -0.25) is 14.9 Å². The van der Waals surface area contributed by atoms with Gasteiger partial charge in [0.15, 0.2) is 5.96 Å². The van der Waals surface area contributed by atoms with Crippen molar-refractivity contribution in [3.63, 3.8) is 0 Å². The van der Waals surface area contributed by atoms with E-state index in [2.05, 4.69) is 65.7 Å². The fourth-order valence-electron chi connectivity index (χ4n) is 3.34. The zero-order chi connectivity index (χ0) is 19.1. The number of piperidine rings is 1. The van der Waals surface area contributed by atoms with Crippen LogP contribution in [0.5, 0.6) is 0 Å². The van der Waals surface area contributed by atoms with E-state index in [1.54, 1.807) is 0 Å². The van der Waals surface area contributed by atoms with Crippen LogP contribution in [0.15, 0.2) is 51.9 Å². The molecule has 0 atom stereocenters. The van der Waals surface area contributed by atoms with E-state index in [-0.39, 0.29) is 0 Å². The Morgan fingerprint density at radius 2 is 1.93 bits per heavy atom. The van der Waals surface area contributed by atoms with Crippen molar-refractivity contribution in [3.05, 3.63) is 63.9 Å². The summed E-state index contributed by atoms with van der Waals surface area (Å²) in [4.78, 5) is 11.4. The van der Waals surface area contributed by atoms with Crippen molar-refractivity contribution in [2.45, 2.75) is 38.9 Å². The Hall–Kier alpha value is -1.92. The van der Waals surface area contributed by atoms with Gasteiger partial charge in [0.25, 0.3) is 0 Å². The standard InChI is InChI=1S/C21H28BrN5/c1-16-4-3-5-20(25-16)14-24-21(23-2)26-19-10-12-27(13-11-19)15-17-6-8-18(22)9-7-17/h3-9,19H,10-15H2,1-2H3,(H2,23,24,26). The van der Waals surface area contributed by atoms with Crippen LogP contribution < -0.4 is 10.6 Å². The van der Waals surface area contributed by atoms with Gasteiger partial charge in [-0.25, -0.2) is 0 Å². The zero-order valence-electron chi connectivity index (χ0n) is 16.1. The molecule has 0 bridgehead atoms. The number of rotatable bonds is 5. The van der Waals surface area contributed by atoms with Crippen molar-refractivity contribution in [2.75, 3.05) is 20.1 Å². The van der Waals surface area contributed by atoms with E-state index in [9.17, 15) is 0 Å². The van der Waals surface area contributed by atoms with E-state index >= 15 is 0 Å². The van der Waals surface area contributed by atoms with Crippen LogP contribution in [-0.4, -0.2) is 42.0 Å². The molecule has 1 aromatic carbocycles. The van der Waals surface area contributed by atoms with Gasteiger partial charge >= 0.3 is 0 Å². The SMILES string of the molecule is CN=C(NCc1cccc(C)n1)NC1CCN(Cc2ccc(Br)cc2)CC1. The third-order valence-corrected chi connectivity index (χ3v) is 5.38. The average Bonchev–Trinajstić information content (AvgIpc) is 2.68. The van der Waals surface area contributed by atoms with Crippen LogP contribution >= 0.6 is 15.9 Å². The maximum atomic E-state index is 4.53. The molecule has 2 heterocycles. The lowest BCUT2D eigenvalue weighted by atomic mass is 10.0. The second kappa shape index (κ2) is 9.85. The number of aliphatic imine (C=N–C) groups is 1. The number of likely N-dealkylation sites (tertiary alicyclic amines) is 1.